The number of fused-ring (bicyclic) bond motifs is 1. The number of hydrogen-bond donors (Lipinski definition) is 0. The smallest absolute Gasteiger partial charge is 0.417 e. The van der Waals surface area contributed by atoms with Crippen molar-refractivity contribution >= 4 is 26.9 Å². The Balaban J connectivity index is 1.51. The number of carbonyl (C=O) groups is 1. The van der Waals surface area contributed by atoms with E-state index in [2.05, 4.69) is 0 Å². The van der Waals surface area contributed by atoms with Gasteiger partial charge in [-0.1, -0.05) is 30.3 Å². The Morgan fingerprint density at radius 1 is 0.933 bits per heavy atom. The molecular weight excluding hydrogens is 421 g/mol. The first kappa shape index (κ1) is 20.4. The number of benzene rings is 2. The highest BCUT2D eigenvalue weighted by Gasteiger charge is 2.40. The second kappa shape index (κ2) is 7.44. The summed E-state index contributed by atoms with van der Waals surface area (Å²) in [6.45, 7) is -0.131. The van der Waals surface area contributed by atoms with Crippen molar-refractivity contribution in [3.63, 3.8) is 0 Å². The van der Waals surface area contributed by atoms with E-state index < -0.39 is 26.7 Å². The van der Waals surface area contributed by atoms with Crippen LogP contribution < -0.4 is 0 Å². The summed E-state index contributed by atoms with van der Waals surface area (Å²) in [7, 11) is -4.36. The average Bonchev–Trinajstić information content (AvgIpc) is 3.17. The van der Waals surface area contributed by atoms with E-state index in [0.717, 1.165) is 27.9 Å². The first-order chi connectivity index (χ1) is 14.2. The Labute approximate surface area is 170 Å². The van der Waals surface area contributed by atoms with Crippen LogP contribution in [0.25, 0.3) is 11.0 Å². The van der Waals surface area contributed by atoms with Gasteiger partial charge in [0.25, 0.3) is 5.91 Å². The van der Waals surface area contributed by atoms with Gasteiger partial charge in [0.2, 0.25) is 10.0 Å². The molecule has 0 atom stereocenters. The Morgan fingerprint density at radius 2 is 1.57 bits per heavy atom. The van der Waals surface area contributed by atoms with E-state index in [0.29, 0.717) is 5.58 Å². The predicted molar refractivity (Wildman–Crippen MR) is 102 cm³/mol. The minimum Gasteiger partial charge on any atom is -0.451 e. The van der Waals surface area contributed by atoms with E-state index in [1.807, 2.05) is 6.07 Å². The number of nitrogens with zero attached hydrogens (tertiary/aromatic N) is 2. The molecular formula is C20H17F3N2O4S. The summed E-state index contributed by atoms with van der Waals surface area (Å²) in [6.07, 6.45) is -4.79. The molecule has 158 valence electrons. The predicted octanol–water partition coefficient (Wildman–Crippen LogP) is 3.60. The summed E-state index contributed by atoms with van der Waals surface area (Å²) in [5.74, 6) is -0.256. The van der Waals surface area contributed by atoms with E-state index in [9.17, 15) is 26.4 Å². The Morgan fingerprint density at radius 3 is 2.23 bits per heavy atom. The SMILES string of the molecule is O=C(c1cc2ccccc2o1)N1CCN(S(=O)(=O)c2ccccc2C(F)(F)F)CC1. The highest BCUT2D eigenvalue weighted by Crippen LogP contribution is 2.35. The van der Waals surface area contributed by atoms with Crippen LogP contribution in [0.4, 0.5) is 13.2 Å². The van der Waals surface area contributed by atoms with Crippen molar-refractivity contribution in [1.29, 1.82) is 0 Å². The van der Waals surface area contributed by atoms with E-state index in [1.165, 1.54) is 11.0 Å². The maximum Gasteiger partial charge on any atom is 0.417 e. The first-order valence-electron chi connectivity index (χ1n) is 9.12. The Bertz CT molecular complexity index is 1160. The van der Waals surface area contributed by atoms with Crippen LogP contribution in [-0.2, 0) is 16.2 Å². The number of piperazine rings is 1. The molecule has 2 heterocycles. The molecule has 1 aliphatic rings. The van der Waals surface area contributed by atoms with Crippen molar-refractivity contribution < 1.29 is 30.8 Å². The van der Waals surface area contributed by atoms with Crippen molar-refractivity contribution in [2.24, 2.45) is 0 Å². The number of halogens is 3. The standard InChI is InChI=1S/C20H17F3N2O4S/c21-20(22,23)15-6-2-4-8-18(15)30(27,28)25-11-9-24(10-12-25)19(26)17-13-14-5-1-3-7-16(14)29-17/h1-8,13H,9-12H2. The summed E-state index contributed by atoms with van der Waals surface area (Å²) in [6, 6.07) is 12.8. The van der Waals surface area contributed by atoms with Crippen molar-refractivity contribution in [3.8, 4) is 0 Å². The number of rotatable bonds is 3. The molecule has 0 unspecified atom stereocenters. The van der Waals surface area contributed by atoms with E-state index in [4.69, 9.17) is 4.42 Å². The number of sulfonamides is 1. The van der Waals surface area contributed by atoms with Crippen molar-refractivity contribution in [2.75, 3.05) is 26.2 Å². The van der Waals surface area contributed by atoms with Gasteiger partial charge in [-0.05, 0) is 24.3 Å². The molecule has 30 heavy (non-hydrogen) atoms. The van der Waals surface area contributed by atoms with E-state index in [-0.39, 0.29) is 37.8 Å². The van der Waals surface area contributed by atoms with Gasteiger partial charge in [-0.25, -0.2) is 8.42 Å². The Hall–Kier alpha value is -2.85. The third-order valence-corrected chi connectivity index (χ3v) is 6.93. The summed E-state index contributed by atoms with van der Waals surface area (Å²) in [5.41, 5.74) is -0.642. The fourth-order valence-corrected chi connectivity index (χ4v) is 5.07. The molecule has 0 saturated carbocycles. The largest absolute Gasteiger partial charge is 0.451 e. The number of hydrogen-bond acceptors (Lipinski definition) is 4. The lowest BCUT2D eigenvalue weighted by atomic mass is 10.2. The van der Waals surface area contributed by atoms with Gasteiger partial charge >= 0.3 is 6.18 Å². The van der Waals surface area contributed by atoms with Gasteiger partial charge in [-0.2, -0.15) is 17.5 Å². The third-order valence-electron chi connectivity index (χ3n) is 4.97. The van der Waals surface area contributed by atoms with Crippen LogP contribution in [0.5, 0.6) is 0 Å². The minimum atomic E-state index is -4.79. The van der Waals surface area contributed by atoms with Gasteiger partial charge in [-0.3, -0.25) is 4.79 Å². The number of alkyl halides is 3. The molecule has 0 bridgehead atoms. The zero-order valence-corrected chi connectivity index (χ0v) is 16.4. The fourth-order valence-electron chi connectivity index (χ4n) is 3.44. The maximum atomic E-state index is 13.2. The third kappa shape index (κ3) is 3.68. The monoisotopic (exact) mass is 438 g/mol. The molecule has 0 spiro atoms. The fraction of sp³-hybridized carbons (Fsp3) is 0.250. The molecule has 10 heteroatoms. The lowest BCUT2D eigenvalue weighted by Crippen LogP contribution is -2.50. The molecule has 0 radical (unpaired) electrons. The van der Waals surface area contributed by atoms with Gasteiger partial charge in [0.15, 0.2) is 5.76 Å². The second-order valence-electron chi connectivity index (χ2n) is 6.84. The molecule has 1 aliphatic heterocycles. The molecule has 1 amide bonds. The Kier molecular flexibility index (Phi) is 5.07. The molecule has 1 aromatic heterocycles. The van der Waals surface area contributed by atoms with Gasteiger partial charge in [0, 0.05) is 31.6 Å². The number of para-hydroxylation sites is 1. The van der Waals surface area contributed by atoms with Crippen LogP contribution >= 0.6 is 0 Å². The van der Waals surface area contributed by atoms with Crippen molar-refractivity contribution in [3.05, 3.63) is 65.9 Å². The van der Waals surface area contributed by atoms with E-state index >= 15 is 0 Å². The van der Waals surface area contributed by atoms with Crippen LogP contribution in [0.2, 0.25) is 0 Å². The molecule has 6 nitrogen and oxygen atoms in total. The van der Waals surface area contributed by atoms with Crippen LogP contribution in [0, 0.1) is 0 Å². The number of carbonyl (C=O) groups excluding carboxylic acids is 1. The van der Waals surface area contributed by atoms with Gasteiger partial charge in [0.1, 0.15) is 5.58 Å². The molecule has 1 saturated heterocycles. The zero-order chi connectivity index (χ0) is 21.5. The molecule has 0 aliphatic carbocycles. The van der Waals surface area contributed by atoms with Crippen LogP contribution in [-0.4, -0.2) is 49.7 Å². The summed E-state index contributed by atoms with van der Waals surface area (Å²) in [5, 5.41) is 0.769. The van der Waals surface area contributed by atoms with Crippen molar-refractivity contribution in [2.45, 2.75) is 11.1 Å². The van der Waals surface area contributed by atoms with Crippen LogP contribution in [0.15, 0.2) is 63.9 Å². The maximum absolute atomic E-state index is 13.2. The molecule has 2 aromatic carbocycles. The van der Waals surface area contributed by atoms with Gasteiger partial charge < -0.3 is 9.32 Å². The lowest BCUT2D eigenvalue weighted by molar-refractivity contribution is -0.139. The topological polar surface area (TPSA) is 70.8 Å². The molecule has 0 N–H and O–H groups in total. The second-order valence-corrected chi connectivity index (χ2v) is 8.75. The summed E-state index contributed by atoms with van der Waals surface area (Å²) >= 11 is 0. The van der Waals surface area contributed by atoms with Crippen molar-refractivity contribution in [1.82, 2.24) is 9.21 Å². The van der Waals surface area contributed by atoms with Gasteiger partial charge in [0.05, 0.1) is 10.5 Å². The average molecular weight is 438 g/mol. The van der Waals surface area contributed by atoms with Gasteiger partial charge in [-0.15, -0.1) is 0 Å². The first-order valence-corrected chi connectivity index (χ1v) is 10.6. The quantitative estimate of drug-likeness (QED) is 0.627. The molecule has 3 aromatic rings. The van der Waals surface area contributed by atoms with Crippen LogP contribution in [0.3, 0.4) is 0 Å². The summed E-state index contributed by atoms with van der Waals surface area (Å²) < 4.78 is 71.9. The highest BCUT2D eigenvalue weighted by molar-refractivity contribution is 7.89. The normalized spacial score (nSPS) is 16.2. The molecule has 4 rings (SSSR count). The zero-order valence-electron chi connectivity index (χ0n) is 15.6. The number of amides is 1. The van der Waals surface area contributed by atoms with E-state index in [1.54, 1.807) is 24.3 Å². The number of furan rings is 1. The van der Waals surface area contributed by atoms with Crippen LogP contribution in [0.1, 0.15) is 16.1 Å². The molecule has 1 fully saturated rings. The summed E-state index contributed by atoms with van der Waals surface area (Å²) in [4.78, 5) is 13.3. The minimum absolute atomic E-state index is 0.0449. The lowest BCUT2D eigenvalue weighted by Gasteiger charge is -2.34. The highest BCUT2D eigenvalue weighted by atomic mass is 32.2.